The molecule has 0 spiro atoms. The average Bonchev–Trinajstić information content (AvgIpc) is 2.56. The van der Waals surface area contributed by atoms with Gasteiger partial charge >= 0.3 is 0 Å². The molecule has 24 heavy (non-hydrogen) atoms. The summed E-state index contributed by atoms with van der Waals surface area (Å²) < 4.78 is 0. The van der Waals surface area contributed by atoms with Gasteiger partial charge in [-0.25, -0.2) is 5.43 Å². The molecule has 2 aromatic carbocycles. The summed E-state index contributed by atoms with van der Waals surface area (Å²) in [5.74, 6) is -0.670. The van der Waals surface area contributed by atoms with Crippen LogP contribution in [-0.2, 0) is 0 Å². The minimum absolute atomic E-state index is 0.0477. The van der Waals surface area contributed by atoms with Gasteiger partial charge in [0.2, 0.25) is 0 Å². The summed E-state index contributed by atoms with van der Waals surface area (Å²) in [6.45, 7) is 0. The van der Waals surface area contributed by atoms with E-state index >= 15 is 0 Å². The minimum atomic E-state index is -0.670. The zero-order chi connectivity index (χ0) is 17.7. The first-order chi connectivity index (χ1) is 11.4. The van der Waals surface area contributed by atoms with Crippen molar-refractivity contribution >= 4 is 35.1 Å². The maximum absolute atomic E-state index is 11.9. The fourth-order valence-corrected chi connectivity index (χ4v) is 1.90. The lowest BCUT2D eigenvalue weighted by Gasteiger charge is -2.01. The highest BCUT2D eigenvalue weighted by Gasteiger charge is 2.11. The Balaban J connectivity index is 2.13. The number of hydrazone groups is 1. The van der Waals surface area contributed by atoms with Crippen LogP contribution in [0, 0.1) is 20.2 Å². The molecule has 0 fully saturated rings. The lowest BCUT2D eigenvalue weighted by atomic mass is 10.2. The van der Waals surface area contributed by atoms with Crippen LogP contribution in [0.2, 0.25) is 5.02 Å². The summed E-state index contributed by atoms with van der Waals surface area (Å²) in [6, 6.07) is 8.89. The number of carbonyl (C=O) groups excluding carboxylic acids is 1. The molecule has 0 radical (unpaired) electrons. The summed E-state index contributed by atoms with van der Waals surface area (Å²) in [4.78, 5) is 32.1. The quantitative estimate of drug-likeness (QED) is 0.504. The van der Waals surface area contributed by atoms with Crippen molar-refractivity contribution in [2.24, 2.45) is 5.10 Å². The van der Waals surface area contributed by atoms with Crippen molar-refractivity contribution < 1.29 is 14.6 Å². The smallest absolute Gasteiger partial charge is 0.267 e. The number of amides is 1. The number of nitrogens with one attached hydrogen (secondary N) is 1. The molecule has 1 amide bonds. The molecule has 0 heterocycles. The Labute approximate surface area is 139 Å². The molecular weight excluding hydrogens is 340 g/mol. The van der Waals surface area contributed by atoms with Crippen molar-refractivity contribution in [3.8, 4) is 0 Å². The van der Waals surface area contributed by atoms with Gasteiger partial charge in [0.1, 0.15) is 0 Å². The van der Waals surface area contributed by atoms with Gasteiger partial charge in [0.05, 0.1) is 16.1 Å². The Morgan fingerprint density at radius 1 is 1.08 bits per heavy atom. The normalized spacial score (nSPS) is 10.5. The maximum atomic E-state index is 11.9. The van der Waals surface area contributed by atoms with E-state index in [4.69, 9.17) is 11.6 Å². The molecular formula is C14H9ClN4O5. The molecule has 9 nitrogen and oxygen atoms in total. The molecule has 0 saturated heterocycles. The fourth-order valence-electron chi connectivity index (χ4n) is 1.73. The summed E-state index contributed by atoms with van der Waals surface area (Å²) >= 11 is 5.89. The number of rotatable bonds is 5. The van der Waals surface area contributed by atoms with Crippen LogP contribution in [0.4, 0.5) is 11.4 Å². The standard InChI is InChI=1S/C14H9ClN4O5/c15-13-5-4-12(19(23)24)7-10(13)8-16-17-14(20)9-2-1-3-11(6-9)18(21)22/h1-8H,(H,17,20). The molecule has 0 atom stereocenters. The van der Waals surface area contributed by atoms with E-state index in [1.54, 1.807) is 0 Å². The van der Waals surface area contributed by atoms with Crippen molar-refractivity contribution in [1.29, 1.82) is 0 Å². The van der Waals surface area contributed by atoms with Gasteiger partial charge < -0.3 is 0 Å². The van der Waals surface area contributed by atoms with E-state index in [-0.39, 0.29) is 27.5 Å². The molecule has 10 heteroatoms. The topological polar surface area (TPSA) is 128 Å². The average molecular weight is 349 g/mol. The Hall–Kier alpha value is -3.33. The first-order valence-corrected chi connectivity index (χ1v) is 6.78. The second-order valence-corrected chi connectivity index (χ2v) is 4.88. The lowest BCUT2D eigenvalue weighted by molar-refractivity contribution is -0.385. The van der Waals surface area contributed by atoms with Crippen LogP contribution in [0.1, 0.15) is 15.9 Å². The molecule has 0 saturated carbocycles. The zero-order valence-corrected chi connectivity index (χ0v) is 12.6. The Bertz CT molecular complexity index is 853. The zero-order valence-electron chi connectivity index (χ0n) is 11.9. The minimum Gasteiger partial charge on any atom is -0.267 e. The number of benzene rings is 2. The monoisotopic (exact) mass is 348 g/mol. The highest BCUT2D eigenvalue weighted by atomic mass is 35.5. The number of nitrogens with zero attached hydrogens (tertiary/aromatic N) is 3. The summed E-state index contributed by atoms with van der Waals surface area (Å²) in [7, 11) is 0. The van der Waals surface area contributed by atoms with Crippen molar-refractivity contribution in [3.63, 3.8) is 0 Å². The molecule has 0 aliphatic carbocycles. The molecule has 0 aromatic heterocycles. The van der Waals surface area contributed by atoms with Crippen LogP contribution in [0.25, 0.3) is 0 Å². The number of carbonyl (C=O) groups is 1. The van der Waals surface area contributed by atoms with Gasteiger partial charge in [-0.3, -0.25) is 25.0 Å². The lowest BCUT2D eigenvalue weighted by Crippen LogP contribution is -2.17. The Morgan fingerprint density at radius 2 is 1.75 bits per heavy atom. The van der Waals surface area contributed by atoms with Crippen LogP contribution in [0.15, 0.2) is 47.6 Å². The maximum Gasteiger partial charge on any atom is 0.271 e. The molecule has 1 N–H and O–H groups in total. The number of non-ortho nitro benzene ring substituents is 2. The fraction of sp³-hybridized carbons (Fsp3) is 0. The van der Waals surface area contributed by atoms with Crippen LogP contribution in [-0.4, -0.2) is 22.0 Å². The Kier molecular flexibility index (Phi) is 5.17. The van der Waals surface area contributed by atoms with Crippen LogP contribution >= 0.6 is 11.6 Å². The third kappa shape index (κ3) is 4.11. The third-order valence-corrected chi connectivity index (χ3v) is 3.22. The van der Waals surface area contributed by atoms with Crippen molar-refractivity contribution in [2.45, 2.75) is 0 Å². The van der Waals surface area contributed by atoms with E-state index in [2.05, 4.69) is 10.5 Å². The summed E-state index contributed by atoms with van der Waals surface area (Å²) in [6.07, 6.45) is 1.14. The van der Waals surface area contributed by atoms with Gasteiger partial charge in [-0.05, 0) is 12.1 Å². The van der Waals surface area contributed by atoms with Crippen molar-refractivity contribution in [2.75, 3.05) is 0 Å². The van der Waals surface area contributed by atoms with E-state index in [1.165, 1.54) is 36.4 Å². The predicted octanol–water partition coefficient (Wildman–Crippen LogP) is 2.92. The van der Waals surface area contributed by atoms with Gasteiger partial charge in [0.15, 0.2) is 0 Å². The highest BCUT2D eigenvalue weighted by molar-refractivity contribution is 6.33. The first kappa shape index (κ1) is 17.0. The van der Waals surface area contributed by atoms with Gasteiger partial charge in [-0.2, -0.15) is 5.10 Å². The van der Waals surface area contributed by atoms with Gasteiger partial charge in [0.25, 0.3) is 17.3 Å². The van der Waals surface area contributed by atoms with E-state index in [0.29, 0.717) is 0 Å². The van der Waals surface area contributed by atoms with E-state index in [9.17, 15) is 25.0 Å². The van der Waals surface area contributed by atoms with E-state index < -0.39 is 15.8 Å². The number of hydrogen-bond donors (Lipinski definition) is 1. The molecule has 0 aliphatic rings. The van der Waals surface area contributed by atoms with Crippen molar-refractivity contribution in [3.05, 3.63) is 78.8 Å². The molecule has 2 aromatic rings. The molecule has 2 rings (SSSR count). The number of halogens is 1. The van der Waals surface area contributed by atoms with Crippen molar-refractivity contribution in [1.82, 2.24) is 5.43 Å². The second-order valence-electron chi connectivity index (χ2n) is 4.47. The van der Waals surface area contributed by atoms with Gasteiger partial charge in [-0.15, -0.1) is 0 Å². The molecule has 0 bridgehead atoms. The SMILES string of the molecule is O=C(NN=Cc1cc([N+](=O)[O-])ccc1Cl)c1cccc([N+](=O)[O-])c1. The third-order valence-electron chi connectivity index (χ3n) is 2.88. The highest BCUT2D eigenvalue weighted by Crippen LogP contribution is 2.20. The van der Waals surface area contributed by atoms with Gasteiger partial charge in [0, 0.05) is 40.4 Å². The summed E-state index contributed by atoms with van der Waals surface area (Å²) in [5, 5.41) is 25.3. The van der Waals surface area contributed by atoms with Crippen LogP contribution in [0.3, 0.4) is 0 Å². The Morgan fingerprint density at radius 3 is 2.42 bits per heavy atom. The van der Waals surface area contributed by atoms with Gasteiger partial charge in [-0.1, -0.05) is 17.7 Å². The van der Waals surface area contributed by atoms with E-state index in [0.717, 1.165) is 12.3 Å². The largest absolute Gasteiger partial charge is 0.271 e. The van der Waals surface area contributed by atoms with E-state index in [1.807, 2.05) is 0 Å². The number of hydrogen-bond acceptors (Lipinski definition) is 6. The molecule has 122 valence electrons. The second kappa shape index (κ2) is 7.29. The van der Waals surface area contributed by atoms with Crippen LogP contribution in [0.5, 0.6) is 0 Å². The molecule has 0 aliphatic heterocycles. The summed E-state index contributed by atoms with van der Waals surface area (Å²) in [5.41, 5.74) is 2.05. The molecule has 0 unspecified atom stereocenters. The predicted molar refractivity (Wildman–Crippen MR) is 86.3 cm³/mol. The first-order valence-electron chi connectivity index (χ1n) is 6.40. The van der Waals surface area contributed by atoms with Crippen LogP contribution < -0.4 is 5.43 Å². The number of nitro benzene ring substituents is 2. The number of nitro groups is 2.